The summed E-state index contributed by atoms with van der Waals surface area (Å²) >= 11 is 0. The Kier molecular flexibility index (Phi) is 2.54. The van der Waals surface area contributed by atoms with Crippen molar-refractivity contribution in [2.24, 2.45) is 0 Å². The van der Waals surface area contributed by atoms with Crippen LogP contribution >= 0.6 is 0 Å². The molecule has 92 valence electrons. The number of carbonyl (C=O) groups is 1. The number of carbonyl (C=O) groups excluding carboxylic acids is 1. The summed E-state index contributed by atoms with van der Waals surface area (Å²) in [5.41, 5.74) is 5.30. The summed E-state index contributed by atoms with van der Waals surface area (Å²) in [6.07, 6.45) is 4.45. The maximum absolute atomic E-state index is 11.9. The highest BCUT2D eigenvalue weighted by Gasteiger charge is 2.23. The molecule has 2 aromatic rings. The predicted octanol–water partition coefficient (Wildman–Crippen LogP) is 3.01. The van der Waals surface area contributed by atoms with Gasteiger partial charge in [0.1, 0.15) is 0 Å². The zero-order valence-corrected chi connectivity index (χ0v) is 10.7. The van der Waals surface area contributed by atoms with E-state index in [0.717, 1.165) is 41.2 Å². The second-order valence-electron chi connectivity index (χ2n) is 4.91. The molecule has 0 amide bonds. The van der Waals surface area contributed by atoms with Gasteiger partial charge in [0, 0.05) is 41.0 Å². The van der Waals surface area contributed by atoms with Gasteiger partial charge in [0.05, 0.1) is 0 Å². The van der Waals surface area contributed by atoms with Crippen LogP contribution in [0, 0.1) is 13.8 Å². The first-order valence-electron chi connectivity index (χ1n) is 6.34. The molecule has 0 radical (unpaired) electrons. The number of Topliss-reactive ketones (excluding diaryl/α,β-unsaturated/α-hetero) is 1. The van der Waals surface area contributed by atoms with Gasteiger partial charge in [0.25, 0.3) is 0 Å². The lowest BCUT2D eigenvalue weighted by Gasteiger charge is -2.16. The molecule has 0 unspecified atom stereocenters. The number of ketones is 1. The zero-order chi connectivity index (χ0) is 12.7. The van der Waals surface area contributed by atoms with E-state index in [0.29, 0.717) is 6.42 Å². The predicted molar refractivity (Wildman–Crippen MR) is 70.3 cm³/mol. The Labute approximate surface area is 106 Å². The molecule has 0 saturated heterocycles. The molecule has 3 rings (SSSR count). The van der Waals surface area contributed by atoms with Crippen molar-refractivity contribution in [3.8, 4) is 5.69 Å². The van der Waals surface area contributed by atoms with Crippen LogP contribution in [-0.2, 0) is 6.42 Å². The van der Waals surface area contributed by atoms with Crippen LogP contribution in [0.25, 0.3) is 5.69 Å². The van der Waals surface area contributed by atoms with Crippen LogP contribution in [-0.4, -0.2) is 15.3 Å². The Bertz CT molecular complexity index is 625. The number of aromatic nitrogens is 2. The molecule has 0 bridgehead atoms. The third kappa shape index (κ3) is 1.67. The van der Waals surface area contributed by atoms with E-state index < -0.39 is 0 Å². The highest BCUT2D eigenvalue weighted by atomic mass is 16.1. The normalized spacial score (nSPS) is 14.7. The van der Waals surface area contributed by atoms with Crippen molar-refractivity contribution in [2.45, 2.75) is 33.1 Å². The van der Waals surface area contributed by atoms with E-state index in [9.17, 15) is 4.79 Å². The standard InChI is InChI=1S/C15H16N2O/c1-10-8-12(6-7-16-10)17-11(2)9-13-14(17)4-3-5-15(13)18/h6-9H,3-5H2,1-2H3. The molecule has 2 aromatic heterocycles. The third-order valence-corrected chi connectivity index (χ3v) is 3.54. The van der Waals surface area contributed by atoms with Gasteiger partial charge in [-0.05, 0) is 44.9 Å². The summed E-state index contributed by atoms with van der Waals surface area (Å²) < 4.78 is 2.20. The minimum absolute atomic E-state index is 0.281. The van der Waals surface area contributed by atoms with Gasteiger partial charge < -0.3 is 4.57 Å². The summed E-state index contributed by atoms with van der Waals surface area (Å²) in [5, 5.41) is 0. The molecular weight excluding hydrogens is 224 g/mol. The molecule has 1 aliphatic carbocycles. The van der Waals surface area contributed by atoms with Gasteiger partial charge in [-0.2, -0.15) is 0 Å². The molecule has 0 atom stereocenters. The van der Waals surface area contributed by atoms with Crippen LogP contribution < -0.4 is 0 Å². The first-order chi connectivity index (χ1) is 8.66. The Morgan fingerprint density at radius 1 is 1.22 bits per heavy atom. The fourth-order valence-electron chi connectivity index (χ4n) is 2.76. The molecule has 0 fully saturated rings. The van der Waals surface area contributed by atoms with E-state index in [-0.39, 0.29) is 5.78 Å². The Balaban J connectivity index is 2.21. The summed E-state index contributed by atoms with van der Waals surface area (Å²) in [5.74, 6) is 0.281. The van der Waals surface area contributed by atoms with Crippen LogP contribution in [0.1, 0.15) is 40.3 Å². The summed E-state index contributed by atoms with van der Waals surface area (Å²) in [7, 11) is 0. The van der Waals surface area contributed by atoms with E-state index in [1.807, 2.05) is 25.3 Å². The van der Waals surface area contributed by atoms with Crippen LogP contribution in [0.4, 0.5) is 0 Å². The van der Waals surface area contributed by atoms with E-state index in [4.69, 9.17) is 0 Å². The lowest BCUT2D eigenvalue weighted by Crippen LogP contribution is -2.12. The first kappa shape index (κ1) is 11.2. The molecule has 18 heavy (non-hydrogen) atoms. The highest BCUT2D eigenvalue weighted by molar-refractivity contribution is 5.98. The van der Waals surface area contributed by atoms with Crippen molar-refractivity contribution >= 4 is 5.78 Å². The van der Waals surface area contributed by atoms with Gasteiger partial charge in [-0.1, -0.05) is 0 Å². The van der Waals surface area contributed by atoms with Gasteiger partial charge in [-0.3, -0.25) is 9.78 Å². The number of nitrogens with zero attached hydrogens (tertiary/aromatic N) is 2. The molecule has 1 aliphatic rings. The van der Waals surface area contributed by atoms with Crippen molar-refractivity contribution in [3.63, 3.8) is 0 Å². The minimum Gasteiger partial charge on any atom is -0.317 e. The average molecular weight is 240 g/mol. The lowest BCUT2D eigenvalue weighted by atomic mass is 9.96. The first-order valence-corrected chi connectivity index (χ1v) is 6.34. The molecule has 3 nitrogen and oxygen atoms in total. The Morgan fingerprint density at radius 3 is 2.83 bits per heavy atom. The largest absolute Gasteiger partial charge is 0.317 e. The molecule has 3 heteroatoms. The van der Waals surface area contributed by atoms with Gasteiger partial charge in [0.2, 0.25) is 0 Å². The topological polar surface area (TPSA) is 34.9 Å². The van der Waals surface area contributed by atoms with Crippen LogP contribution in [0.2, 0.25) is 0 Å². The van der Waals surface area contributed by atoms with Gasteiger partial charge in [0.15, 0.2) is 5.78 Å². The molecule has 0 spiro atoms. The molecule has 0 aromatic carbocycles. The van der Waals surface area contributed by atoms with Gasteiger partial charge >= 0.3 is 0 Å². The number of aryl methyl sites for hydroxylation is 2. The molecule has 0 saturated carbocycles. The number of hydrogen-bond donors (Lipinski definition) is 0. The summed E-state index contributed by atoms with van der Waals surface area (Å²) in [6.45, 7) is 4.04. The van der Waals surface area contributed by atoms with Crippen LogP contribution in [0.5, 0.6) is 0 Å². The average Bonchev–Trinajstić information content (AvgIpc) is 2.67. The van der Waals surface area contributed by atoms with Gasteiger partial charge in [-0.25, -0.2) is 0 Å². The Morgan fingerprint density at radius 2 is 2.06 bits per heavy atom. The van der Waals surface area contributed by atoms with E-state index in [1.165, 1.54) is 0 Å². The number of rotatable bonds is 1. The maximum Gasteiger partial charge on any atom is 0.164 e. The second-order valence-corrected chi connectivity index (χ2v) is 4.91. The summed E-state index contributed by atoms with van der Waals surface area (Å²) in [4.78, 5) is 16.1. The number of fused-ring (bicyclic) bond motifs is 1. The van der Waals surface area contributed by atoms with E-state index in [2.05, 4.69) is 22.5 Å². The van der Waals surface area contributed by atoms with Crippen molar-refractivity contribution in [1.82, 2.24) is 9.55 Å². The van der Waals surface area contributed by atoms with Crippen molar-refractivity contribution < 1.29 is 4.79 Å². The fourth-order valence-corrected chi connectivity index (χ4v) is 2.76. The molecular formula is C15H16N2O. The monoisotopic (exact) mass is 240 g/mol. The van der Waals surface area contributed by atoms with E-state index >= 15 is 0 Å². The maximum atomic E-state index is 11.9. The smallest absolute Gasteiger partial charge is 0.164 e. The SMILES string of the molecule is Cc1cc(-n2c(C)cc3c2CCCC3=O)ccn1. The van der Waals surface area contributed by atoms with Crippen molar-refractivity contribution in [2.75, 3.05) is 0 Å². The number of pyridine rings is 1. The molecule has 0 N–H and O–H groups in total. The van der Waals surface area contributed by atoms with Crippen molar-refractivity contribution in [3.05, 3.63) is 47.0 Å². The van der Waals surface area contributed by atoms with Crippen LogP contribution in [0.15, 0.2) is 24.4 Å². The van der Waals surface area contributed by atoms with Gasteiger partial charge in [-0.15, -0.1) is 0 Å². The van der Waals surface area contributed by atoms with Crippen LogP contribution in [0.3, 0.4) is 0 Å². The van der Waals surface area contributed by atoms with Crippen molar-refractivity contribution in [1.29, 1.82) is 0 Å². The summed E-state index contributed by atoms with van der Waals surface area (Å²) in [6, 6.07) is 6.08. The highest BCUT2D eigenvalue weighted by Crippen LogP contribution is 2.27. The van der Waals surface area contributed by atoms with E-state index in [1.54, 1.807) is 0 Å². The Hall–Kier alpha value is -1.90. The lowest BCUT2D eigenvalue weighted by molar-refractivity contribution is 0.0972. The quantitative estimate of drug-likeness (QED) is 0.768. The fraction of sp³-hybridized carbons (Fsp3) is 0.333. The molecule has 2 heterocycles. The molecule has 0 aliphatic heterocycles. The second kappa shape index (κ2) is 4.09. The third-order valence-electron chi connectivity index (χ3n) is 3.54. The minimum atomic E-state index is 0.281. The zero-order valence-electron chi connectivity index (χ0n) is 10.7. The number of hydrogen-bond acceptors (Lipinski definition) is 2.